The molecule has 0 aromatic rings. The Morgan fingerprint density at radius 1 is 0.305 bits per heavy atom. The second kappa shape index (κ2) is 73.1. The molecule has 480 valence electrons. The Morgan fingerprint density at radius 3 is 0.805 bits per heavy atom. The van der Waals surface area contributed by atoms with E-state index in [9.17, 15) is 15.0 Å². The normalized spacial score (nSPS) is 13.1. The zero-order valence-corrected chi connectivity index (χ0v) is 55.5. The third-order valence-corrected chi connectivity index (χ3v) is 17.2. The van der Waals surface area contributed by atoms with Gasteiger partial charge < -0.3 is 15.5 Å². The van der Waals surface area contributed by atoms with Crippen LogP contribution >= 0.6 is 0 Å². The van der Waals surface area contributed by atoms with E-state index in [0.717, 1.165) is 57.8 Å². The Hall–Kier alpha value is -2.17. The van der Waals surface area contributed by atoms with Crippen molar-refractivity contribution in [1.29, 1.82) is 0 Å². The van der Waals surface area contributed by atoms with E-state index < -0.39 is 12.1 Å². The number of hydrogen-bond donors (Lipinski definition) is 3. The highest BCUT2D eigenvalue weighted by atomic mass is 16.3. The first-order valence-electron chi connectivity index (χ1n) is 37.2. The summed E-state index contributed by atoms with van der Waals surface area (Å²) in [6.45, 7) is 4.24. The van der Waals surface area contributed by atoms with E-state index in [1.165, 1.54) is 321 Å². The smallest absolute Gasteiger partial charge is 0.220 e. The fourth-order valence-corrected chi connectivity index (χ4v) is 11.6. The van der Waals surface area contributed by atoms with E-state index in [1.807, 2.05) is 6.08 Å². The van der Waals surface area contributed by atoms with Gasteiger partial charge in [-0.1, -0.05) is 401 Å². The van der Waals surface area contributed by atoms with Crippen LogP contribution in [0.1, 0.15) is 399 Å². The SMILES string of the molecule is CC/C=C\C/C=C\C/C=C\C/C=C\C/C=C\CCCCCCCCCCCCCCCCCCCCCCCC(=O)NC(CO)C(O)/C=C/CCCCCCCCCCCCCCCCCCCCCCCCCCCCCCCCC. The van der Waals surface area contributed by atoms with Gasteiger partial charge >= 0.3 is 0 Å². The molecule has 2 atom stereocenters. The van der Waals surface area contributed by atoms with Gasteiger partial charge in [0.15, 0.2) is 0 Å². The van der Waals surface area contributed by atoms with Crippen molar-refractivity contribution in [3.8, 4) is 0 Å². The number of allylic oxidation sites excluding steroid dienone is 11. The molecule has 0 aliphatic rings. The maximum Gasteiger partial charge on any atom is 0.220 e. The lowest BCUT2D eigenvalue weighted by molar-refractivity contribution is -0.123. The van der Waals surface area contributed by atoms with Crippen LogP contribution in [0.15, 0.2) is 72.9 Å². The molecular weight excluding hydrogens is 999 g/mol. The van der Waals surface area contributed by atoms with Crippen LogP contribution in [0, 0.1) is 0 Å². The number of rotatable bonds is 69. The Balaban J connectivity index is 3.42. The van der Waals surface area contributed by atoms with E-state index in [4.69, 9.17) is 0 Å². The van der Waals surface area contributed by atoms with Crippen molar-refractivity contribution in [3.63, 3.8) is 0 Å². The van der Waals surface area contributed by atoms with Gasteiger partial charge in [0.2, 0.25) is 5.91 Å². The van der Waals surface area contributed by atoms with E-state index in [2.05, 4.69) is 79.9 Å². The summed E-state index contributed by atoms with van der Waals surface area (Å²) in [4.78, 5) is 12.6. The predicted molar refractivity (Wildman–Crippen MR) is 368 cm³/mol. The molecule has 0 aliphatic carbocycles. The van der Waals surface area contributed by atoms with Gasteiger partial charge in [-0.15, -0.1) is 0 Å². The zero-order chi connectivity index (χ0) is 59.1. The summed E-state index contributed by atoms with van der Waals surface area (Å²) in [5.74, 6) is -0.0572. The number of carbonyl (C=O) groups is 1. The van der Waals surface area contributed by atoms with E-state index >= 15 is 0 Å². The monoisotopic (exact) mass is 1140 g/mol. The Kier molecular flexibility index (Phi) is 71.2. The van der Waals surface area contributed by atoms with Gasteiger partial charge in [-0.05, 0) is 64.2 Å². The van der Waals surface area contributed by atoms with Crippen LogP contribution < -0.4 is 5.32 Å². The van der Waals surface area contributed by atoms with Gasteiger partial charge in [0, 0.05) is 6.42 Å². The van der Waals surface area contributed by atoms with Gasteiger partial charge in [-0.2, -0.15) is 0 Å². The number of aliphatic hydroxyl groups is 2. The molecule has 0 spiro atoms. The Labute approximate surface area is 514 Å². The largest absolute Gasteiger partial charge is 0.394 e. The zero-order valence-electron chi connectivity index (χ0n) is 55.5. The average molecular weight is 1150 g/mol. The van der Waals surface area contributed by atoms with E-state index in [-0.39, 0.29) is 12.5 Å². The summed E-state index contributed by atoms with van der Waals surface area (Å²) < 4.78 is 0. The Bertz CT molecular complexity index is 1390. The molecule has 0 aliphatic heterocycles. The molecule has 0 radical (unpaired) electrons. The highest BCUT2D eigenvalue weighted by Crippen LogP contribution is 2.19. The summed E-state index contributed by atoms with van der Waals surface area (Å²) >= 11 is 0. The molecule has 82 heavy (non-hydrogen) atoms. The van der Waals surface area contributed by atoms with Crippen molar-refractivity contribution in [3.05, 3.63) is 72.9 Å². The van der Waals surface area contributed by atoms with Crippen molar-refractivity contribution in [2.24, 2.45) is 0 Å². The first kappa shape index (κ1) is 79.8. The molecule has 0 saturated heterocycles. The van der Waals surface area contributed by atoms with Crippen LogP contribution in [-0.2, 0) is 4.79 Å². The number of nitrogens with one attached hydrogen (secondary N) is 1. The van der Waals surface area contributed by atoms with Crippen molar-refractivity contribution >= 4 is 5.91 Å². The maximum absolute atomic E-state index is 12.6. The number of unbranched alkanes of at least 4 members (excludes halogenated alkanes) is 52. The minimum Gasteiger partial charge on any atom is -0.394 e. The summed E-state index contributed by atoms with van der Waals surface area (Å²) in [5, 5.41) is 23.3. The molecule has 1 amide bonds. The molecular formula is C78H145NO3. The van der Waals surface area contributed by atoms with Gasteiger partial charge in [-0.3, -0.25) is 4.79 Å². The summed E-state index contributed by atoms with van der Waals surface area (Å²) in [6, 6.07) is -0.625. The first-order valence-corrected chi connectivity index (χ1v) is 37.2. The minimum absolute atomic E-state index is 0.0572. The van der Waals surface area contributed by atoms with Crippen molar-refractivity contribution < 1.29 is 15.0 Å². The number of hydrogen-bond acceptors (Lipinski definition) is 3. The second-order valence-corrected chi connectivity index (χ2v) is 25.3. The number of carbonyl (C=O) groups excluding carboxylic acids is 1. The molecule has 0 fully saturated rings. The Morgan fingerprint density at radius 2 is 0.537 bits per heavy atom. The molecule has 0 bridgehead atoms. The highest BCUT2D eigenvalue weighted by molar-refractivity contribution is 5.76. The summed E-state index contributed by atoms with van der Waals surface area (Å²) in [5.41, 5.74) is 0. The van der Waals surface area contributed by atoms with E-state index in [0.29, 0.717) is 6.42 Å². The number of amides is 1. The lowest BCUT2D eigenvalue weighted by atomic mass is 10.0. The third-order valence-electron chi connectivity index (χ3n) is 17.2. The van der Waals surface area contributed by atoms with Crippen molar-refractivity contribution in [2.75, 3.05) is 6.61 Å². The number of aliphatic hydroxyl groups excluding tert-OH is 2. The van der Waals surface area contributed by atoms with Crippen LogP contribution in [0.2, 0.25) is 0 Å². The molecule has 0 heterocycles. The van der Waals surface area contributed by atoms with Gasteiger partial charge in [0.1, 0.15) is 0 Å². The maximum atomic E-state index is 12.6. The fourth-order valence-electron chi connectivity index (χ4n) is 11.6. The van der Waals surface area contributed by atoms with Crippen LogP contribution in [0.4, 0.5) is 0 Å². The first-order chi connectivity index (χ1) is 40.7. The predicted octanol–water partition coefficient (Wildman–Crippen LogP) is 25.6. The minimum atomic E-state index is -0.842. The standard InChI is InChI=1S/C78H145NO3/c1-3-5-7-9-11-13-15-17-19-21-23-25-27-29-31-33-35-37-38-39-40-42-44-46-48-50-52-54-56-58-60-62-64-66-68-70-72-74-78(82)79-76(75-80)77(81)73-71-69-67-65-63-61-59-57-55-53-51-49-47-45-43-41-36-34-32-30-28-26-24-22-20-18-16-14-12-10-8-6-4-2/h5,7,11,13,17,19,23,25,29,31,71,73,76-77,80-81H,3-4,6,8-10,12,14-16,18,20-22,24,26-28,30,32-70,72,74-75H2,1-2H3,(H,79,82)/b7-5-,13-11-,19-17-,25-23-,31-29-,73-71+. The van der Waals surface area contributed by atoms with Crippen LogP contribution in [0.25, 0.3) is 0 Å². The molecule has 2 unspecified atom stereocenters. The van der Waals surface area contributed by atoms with Crippen molar-refractivity contribution in [2.45, 2.75) is 411 Å². The molecule has 0 saturated carbocycles. The van der Waals surface area contributed by atoms with Gasteiger partial charge in [-0.25, -0.2) is 0 Å². The average Bonchev–Trinajstić information content (AvgIpc) is 3.50. The van der Waals surface area contributed by atoms with Crippen LogP contribution in [0.5, 0.6) is 0 Å². The van der Waals surface area contributed by atoms with Gasteiger partial charge in [0.25, 0.3) is 0 Å². The molecule has 4 nitrogen and oxygen atoms in total. The van der Waals surface area contributed by atoms with Crippen molar-refractivity contribution in [1.82, 2.24) is 5.32 Å². The van der Waals surface area contributed by atoms with Crippen LogP contribution in [0.3, 0.4) is 0 Å². The molecule has 4 heteroatoms. The lowest BCUT2D eigenvalue weighted by Gasteiger charge is -2.20. The molecule has 0 aromatic carbocycles. The third kappa shape index (κ3) is 68.6. The van der Waals surface area contributed by atoms with E-state index in [1.54, 1.807) is 6.08 Å². The summed E-state index contributed by atoms with van der Waals surface area (Å²) in [7, 11) is 0. The van der Waals surface area contributed by atoms with Crippen LogP contribution in [-0.4, -0.2) is 34.9 Å². The quantitative estimate of drug-likeness (QED) is 0.0420. The summed E-state index contributed by atoms with van der Waals surface area (Å²) in [6.07, 6.45) is 106. The topological polar surface area (TPSA) is 69.6 Å². The lowest BCUT2D eigenvalue weighted by Crippen LogP contribution is -2.45. The highest BCUT2D eigenvalue weighted by Gasteiger charge is 2.18. The second-order valence-electron chi connectivity index (χ2n) is 25.3. The van der Waals surface area contributed by atoms with Gasteiger partial charge in [0.05, 0.1) is 18.8 Å². The molecule has 0 aromatic heterocycles. The molecule has 0 rings (SSSR count). The fraction of sp³-hybridized carbons (Fsp3) is 0.833. The molecule has 3 N–H and O–H groups in total.